The molecule has 0 aliphatic rings. The summed E-state index contributed by atoms with van der Waals surface area (Å²) in [7, 11) is 1.92. The number of rotatable bonds is 5. The number of hydrogen-bond acceptors (Lipinski definition) is 3. The molecule has 0 aliphatic carbocycles. The summed E-state index contributed by atoms with van der Waals surface area (Å²) in [5.41, 5.74) is 2.24. The monoisotopic (exact) mass is 267 g/mol. The molecule has 1 N–H and O–H groups in total. The summed E-state index contributed by atoms with van der Waals surface area (Å²) in [6.45, 7) is 4.97. The molecular weight excluding hydrogens is 250 g/mol. The van der Waals surface area contributed by atoms with Gasteiger partial charge in [-0.1, -0.05) is 0 Å². The van der Waals surface area contributed by atoms with Crippen LogP contribution in [0.15, 0.2) is 22.6 Å². The maximum absolute atomic E-state index is 5.82. The fraction of sp³-hybridized carbons (Fsp3) is 0.462. The number of nitrogens with one attached hydrogen (secondary N) is 1. The van der Waals surface area contributed by atoms with E-state index >= 15 is 0 Å². The van der Waals surface area contributed by atoms with E-state index in [0.717, 1.165) is 24.4 Å². The molecule has 4 nitrogen and oxygen atoms in total. The molecule has 98 valence electrons. The molecule has 0 saturated carbocycles. The van der Waals surface area contributed by atoms with E-state index in [1.165, 1.54) is 5.69 Å². The van der Waals surface area contributed by atoms with Gasteiger partial charge >= 0.3 is 0 Å². The van der Waals surface area contributed by atoms with E-state index in [1.807, 2.05) is 24.7 Å². The SMILES string of the molecule is CCn1nc(C)cc1CC(NC)c1ccc(Cl)o1. The van der Waals surface area contributed by atoms with Gasteiger partial charge in [0, 0.05) is 18.7 Å². The van der Waals surface area contributed by atoms with Gasteiger partial charge in [-0.25, -0.2) is 0 Å². The molecule has 0 aliphatic heterocycles. The van der Waals surface area contributed by atoms with Crippen LogP contribution >= 0.6 is 11.6 Å². The topological polar surface area (TPSA) is 43.0 Å². The number of nitrogens with zero attached hydrogens (tertiary/aromatic N) is 2. The van der Waals surface area contributed by atoms with Gasteiger partial charge in [-0.3, -0.25) is 4.68 Å². The molecule has 0 amide bonds. The van der Waals surface area contributed by atoms with E-state index in [1.54, 1.807) is 6.07 Å². The highest BCUT2D eigenvalue weighted by molar-refractivity contribution is 6.28. The summed E-state index contributed by atoms with van der Waals surface area (Å²) in [5.74, 6) is 0.851. The Hall–Kier alpha value is -1.26. The van der Waals surface area contributed by atoms with Crippen molar-refractivity contribution >= 4 is 11.6 Å². The van der Waals surface area contributed by atoms with E-state index in [-0.39, 0.29) is 6.04 Å². The summed E-state index contributed by atoms with van der Waals surface area (Å²) >= 11 is 5.82. The van der Waals surface area contributed by atoms with Gasteiger partial charge in [0.1, 0.15) is 5.76 Å². The number of halogens is 1. The van der Waals surface area contributed by atoms with Crippen LogP contribution in [0.25, 0.3) is 0 Å². The van der Waals surface area contributed by atoms with Crippen molar-refractivity contribution in [2.45, 2.75) is 32.9 Å². The normalized spacial score (nSPS) is 12.9. The Bertz CT molecular complexity index is 518. The number of aryl methyl sites for hydroxylation is 2. The van der Waals surface area contributed by atoms with Crippen molar-refractivity contribution in [3.8, 4) is 0 Å². The van der Waals surface area contributed by atoms with E-state index in [0.29, 0.717) is 5.22 Å². The van der Waals surface area contributed by atoms with Gasteiger partial charge in [-0.2, -0.15) is 5.10 Å². The highest BCUT2D eigenvalue weighted by Crippen LogP contribution is 2.23. The molecule has 0 aromatic carbocycles. The number of furan rings is 1. The Labute approximate surface area is 112 Å². The standard InChI is InChI=1S/C13H18ClN3O/c1-4-17-10(7-9(2)16-17)8-11(15-3)12-5-6-13(14)18-12/h5-7,11,15H,4,8H2,1-3H3. The average Bonchev–Trinajstić information content (AvgIpc) is 2.92. The third kappa shape index (κ3) is 2.76. The van der Waals surface area contributed by atoms with Crippen LogP contribution < -0.4 is 5.32 Å². The van der Waals surface area contributed by atoms with Gasteiger partial charge in [0.25, 0.3) is 0 Å². The predicted molar refractivity (Wildman–Crippen MR) is 71.9 cm³/mol. The van der Waals surface area contributed by atoms with Crippen molar-refractivity contribution < 1.29 is 4.42 Å². The number of aromatic nitrogens is 2. The van der Waals surface area contributed by atoms with Gasteiger partial charge in [0.2, 0.25) is 0 Å². The highest BCUT2D eigenvalue weighted by atomic mass is 35.5. The van der Waals surface area contributed by atoms with Crippen LogP contribution in [0.1, 0.15) is 30.1 Å². The van der Waals surface area contributed by atoms with Crippen LogP contribution in [0.4, 0.5) is 0 Å². The smallest absolute Gasteiger partial charge is 0.193 e. The van der Waals surface area contributed by atoms with Crippen LogP contribution in [0, 0.1) is 6.92 Å². The zero-order valence-electron chi connectivity index (χ0n) is 10.9. The van der Waals surface area contributed by atoms with Crippen molar-refractivity contribution in [2.75, 3.05) is 7.05 Å². The first kappa shape index (κ1) is 13.2. The van der Waals surface area contributed by atoms with Crippen LogP contribution in [0.2, 0.25) is 5.22 Å². The maximum atomic E-state index is 5.82. The molecule has 18 heavy (non-hydrogen) atoms. The highest BCUT2D eigenvalue weighted by Gasteiger charge is 2.16. The van der Waals surface area contributed by atoms with E-state index in [4.69, 9.17) is 16.0 Å². The Balaban J connectivity index is 2.19. The summed E-state index contributed by atoms with van der Waals surface area (Å²) in [5, 5.41) is 8.12. The Morgan fingerprint density at radius 1 is 1.50 bits per heavy atom. The zero-order chi connectivity index (χ0) is 13.1. The predicted octanol–water partition coefficient (Wildman–Crippen LogP) is 2.96. The summed E-state index contributed by atoms with van der Waals surface area (Å²) in [4.78, 5) is 0. The molecule has 0 radical (unpaired) electrons. The molecule has 0 spiro atoms. The first-order valence-corrected chi connectivity index (χ1v) is 6.47. The molecule has 2 aromatic rings. The number of hydrogen-bond donors (Lipinski definition) is 1. The lowest BCUT2D eigenvalue weighted by Gasteiger charge is -2.14. The third-order valence-electron chi connectivity index (χ3n) is 2.98. The van der Waals surface area contributed by atoms with Crippen LogP contribution in [-0.2, 0) is 13.0 Å². The summed E-state index contributed by atoms with van der Waals surface area (Å²) < 4.78 is 7.48. The van der Waals surface area contributed by atoms with E-state index < -0.39 is 0 Å². The Morgan fingerprint density at radius 2 is 2.28 bits per heavy atom. The minimum absolute atomic E-state index is 0.110. The Kier molecular flexibility index (Phi) is 4.09. The van der Waals surface area contributed by atoms with Gasteiger partial charge < -0.3 is 9.73 Å². The van der Waals surface area contributed by atoms with Crippen LogP contribution in [0.3, 0.4) is 0 Å². The molecule has 2 heterocycles. The maximum Gasteiger partial charge on any atom is 0.193 e. The zero-order valence-corrected chi connectivity index (χ0v) is 11.7. The van der Waals surface area contributed by atoms with E-state index in [9.17, 15) is 0 Å². The average molecular weight is 268 g/mol. The lowest BCUT2D eigenvalue weighted by atomic mass is 10.1. The van der Waals surface area contributed by atoms with Crippen molar-refractivity contribution in [1.29, 1.82) is 0 Å². The largest absolute Gasteiger partial charge is 0.448 e. The molecular formula is C13H18ClN3O. The second-order valence-electron chi connectivity index (χ2n) is 4.28. The molecule has 2 aromatic heterocycles. The van der Waals surface area contributed by atoms with Crippen molar-refractivity contribution in [3.63, 3.8) is 0 Å². The van der Waals surface area contributed by atoms with Crippen molar-refractivity contribution in [1.82, 2.24) is 15.1 Å². The molecule has 2 rings (SSSR count). The van der Waals surface area contributed by atoms with Gasteiger partial charge in [-0.05, 0) is 50.7 Å². The lowest BCUT2D eigenvalue weighted by Crippen LogP contribution is -2.20. The molecule has 1 atom stereocenters. The molecule has 0 fully saturated rings. The minimum atomic E-state index is 0.110. The first-order chi connectivity index (χ1) is 8.63. The second kappa shape index (κ2) is 5.59. The first-order valence-electron chi connectivity index (χ1n) is 6.09. The Morgan fingerprint density at radius 3 is 2.83 bits per heavy atom. The fourth-order valence-corrected chi connectivity index (χ4v) is 2.26. The van der Waals surface area contributed by atoms with Crippen molar-refractivity contribution in [3.05, 3.63) is 40.6 Å². The number of likely N-dealkylation sites (N-methyl/N-ethyl adjacent to an activating group) is 1. The van der Waals surface area contributed by atoms with Gasteiger partial charge in [-0.15, -0.1) is 0 Å². The molecule has 0 bridgehead atoms. The molecule has 5 heteroatoms. The summed E-state index contributed by atoms with van der Waals surface area (Å²) in [6.07, 6.45) is 0.828. The quantitative estimate of drug-likeness (QED) is 0.906. The molecule has 0 saturated heterocycles. The van der Waals surface area contributed by atoms with Gasteiger partial charge in [0.15, 0.2) is 5.22 Å². The minimum Gasteiger partial charge on any atom is -0.448 e. The second-order valence-corrected chi connectivity index (χ2v) is 4.65. The fourth-order valence-electron chi connectivity index (χ4n) is 2.11. The lowest BCUT2D eigenvalue weighted by molar-refractivity contribution is 0.422. The van der Waals surface area contributed by atoms with Gasteiger partial charge in [0.05, 0.1) is 11.7 Å². The van der Waals surface area contributed by atoms with Crippen LogP contribution in [-0.4, -0.2) is 16.8 Å². The van der Waals surface area contributed by atoms with E-state index in [2.05, 4.69) is 23.4 Å². The van der Waals surface area contributed by atoms with Crippen molar-refractivity contribution in [2.24, 2.45) is 0 Å². The summed E-state index contributed by atoms with van der Waals surface area (Å²) in [6, 6.07) is 5.89. The van der Waals surface area contributed by atoms with Crippen LogP contribution in [0.5, 0.6) is 0 Å². The third-order valence-corrected chi connectivity index (χ3v) is 3.19. The molecule has 1 unspecified atom stereocenters.